The van der Waals surface area contributed by atoms with E-state index in [0.717, 1.165) is 16.5 Å². The molecular weight excluding hydrogens is 426 g/mol. The second-order valence-electron chi connectivity index (χ2n) is 8.70. The molecule has 0 radical (unpaired) electrons. The largest absolute Gasteiger partial charge is 0.480 e. The fraction of sp³-hybridized carbons (Fsp3) is 0.478. The number of fused-ring (bicyclic) bond motifs is 1. The first-order valence-electron chi connectivity index (χ1n) is 11.1. The number of aromatic nitrogens is 1. The van der Waals surface area contributed by atoms with Crippen molar-refractivity contribution in [2.75, 3.05) is 13.1 Å². The molecule has 1 fully saturated rings. The van der Waals surface area contributed by atoms with E-state index in [-0.39, 0.29) is 18.9 Å². The number of H-pyrrole nitrogens is 1. The van der Waals surface area contributed by atoms with Crippen molar-refractivity contribution < 1.29 is 24.3 Å². The van der Waals surface area contributed by atoms with Gasteiger partial charge >= 0.3 is 5.97 Å². The lowest BCUT2D eigenvalue weighted by Crippen LogP contribution is -2.53. The minimum absolute atomic E-state index is 0.0736. The standard InChI is InChI=1S/C23H31N5O5/c1-13(2)20(24)22(31)26-12-19(29)28-9-5-8-18(28)21(30)27-17(23(32)33)10-14-11-25-16-7-4-3-6-15(14)16/h3-4,6-7,11,13,17-18,20,25H,5,8-10,12,24H2,1-2H3,(H,26,31)(H,27,30)(H,32,33). The molecule has 0 bridgehead atoms. The minimum atomic E-state index is -1.15. The predicted octanol–water partition coefficient (Wildman–Crippen LogP) is 0.370. The number of nitrogens with one attached hydrogen (secondary N) is 3. The van der Waals surface area contributed by atoms with E-state index >= 15 is 0 Å². The van der Waals surface area contributed by atoms with E-state index in [4.69, 9.17) is 5.73 Å². The predicted molar refractivity (Wildman–Crippen MR) is 122 cm³/mol. The van der Waals surface area contributed by atoms with Gasteiger partial charge in [0.05, 0.1) is 12.6 Å². The highest BCUT2D eigenvalue weighted by Crippen LogP contribution is 2.21. The average Bonchev–Trinajstić information content (AvgIpc) is 3.43. The Bertz CT molecular complexity index is 1030. The van der Waals surface area contributed by atoms with Gasteiger partial charge in [-0.2, -0.15) is 0 Å². The molecule has 0 saturated carbocycles. The summed E-state index contributed by atoms with van der Waals surface area (Å²) in [5, 5.41) is 15.7. The zero-order valence-corrected chi connectivity index (χ0v) is 18.8. The van der Waals surface area contributed by atoms with Gasteiger partial charge in [-0.25, -0.2) is 4.79 Å². The van der Waals surface area contributed by atoms with Crippen LogP contribution in [0, 0.1) is 5.92 Å². The summed E-state index contributed by atoms with van der Waals surface area (Å²) < 4.78 is 0. The summed E-state index contributed by atoms with van der Waals surface area (Å²) in [6.45, 7) is 3.72. The molecule has 3 unspecified atom stereocenters. The van der Waals surface area contributed by atoms with Crippen LogP contribution >= 0.6 is 0 Å². The maximum Gasteiger partial charge on any atom is 0.326 e. The molecule has 1 saturated heterocycles. The number of nitrogens with two attached hydrogens (primary N) is 1. The highest BCUT2D eigenvalue weighted by atomic mass is 16.4. The molecule has 3 rings (SSSR count). The normalized spacial score (nSPS) is 17.7. The van der Waals surface area contributed by atoms with Gasteiger partial charge in [0.15, 0.2) is 0 Å². The van der Waals surface area contributed by atoms with Crippen LogP contribution in [0.4, 0.5) is 0 Å². The third-order valence-electron chi connectivity index (χ3n) is 6.02. The molecule has 1 aliphatic heterocycles. The van der Waals surface area contributed by atoms with Gasteiger partial charge in [0.2, 0.25) is 17.7 Å². The number of aliphatic carboxylic acids is 1. The molecule has 3 atom stereocenters. The van der Waals surface area contributed by atoms with E-state index in [1.807, 2.05) is 38.1 Å². The first-order chi connectivity index (χ1) is 15.7. The number of hydrogen-bond acceptors (Lipinski definition) is 5. The third kappa shape index (κ3) is 5.70. The number of amides is 3. The molecule has 178 valence electrons. The van der Waals surface area contributed by atoms with Gasteiger partial charge in [0, 0.05) is 30.1 Å². The molecule has 10 heteroatoms. The van der Waals surface area contributed by atoms with Crippen molar-refractivity contribution in [3.63, 3.8) is 0 Å². The fourth-order valence-electron chi connectivity index (χ4n) is 4.01. The number of carbonyl (C=O) groups excluding carboxylic acids is 3. The van der Waals surface area contributed by atoms with Gasteiger partial charge in [-0.1, -0.05) is 32.0 Å². The molecule has 0 spiro atoms. The van der Waals surface area contributed by atoms with Crippen molar-refractivity contribution in [1.29, 1.82) is 0 Å². The third-order valence-corrected chi connectivity index (χ3v) is 6.02. The summed E-state index contributed by atoms with van der Waals surface area (Å²) in [6, 6.07) is 4.88. The lowest BCUT2D eigenvalue weighted by atomic mass is 10.0. The lowest BCUT2D eigenvalue weighted by Gasteiger charge is -2.26. The minimum Gasteiger partial charge on any atom is -0.480 e. The number of hydrogen-bond donors (Lipinski definition) is 5. The average molecular weight is 458 g/mol. The van der Waals surface area contributed by atoms with E-state index in [1.165, 1.54) is 4.90 Å². The monoisotopic (exact) mass is 457 g/mol. The number of para-hydroxylation sites is 1. The van der Waals surface area contributed by atoms with Crippen molar-refractivity contribution in [1.82, 2.24) is 20.5 Å². The SMILES string of the molecule is CC(C)C(N)C(=O)NCC(=O)N1CCCC1C(=O)NC(Cc1c[nH]c2ccccc12)C(=O)O. The molecule has 1 aromatic carbocycles. The van der Waals surface area contributed by atoms with Crippen LogP contribution in [0.1, 0.15) is 32.3 Å². The fourth-order valence-corrected chi connectivity index (χ4v) is 4.01. The quantitative estimate of drug-likeness (QED) is 0.366. The van der Waals surface area contributed by atoms with Crippen LogP contribution in [0.2, 0.25) is 0 Å². The zero-order valence-electron chi connectivity index (χ0n) is 18.8. The van der Waals surface area contributed by atoms with Gasteiger partial charge in [-0.3, -0.25) is 14.4 Å². The number of likely N-dealkylation sites (tertiary alicyclic amines) is 1. The molecule has 6 N–H and O–H groups in total. The summed E-state index contributed by atoms with van der Waals surface area (Å²) in [4.78, 5) is 53.9. The van der Waals surface area contributed by atoms with Crippen molar-refractivity contribution >= 4 is 34.6 Å². The van der Waals surface area contributed by atoms with Gasteiger partial charge in [0.1, 0.15) is 12.1 Å². The molecule has 1 aromatic heterocycles. The number of carboxylic acid groups (broad SMARTS) is 1. The Balaban J connectivity index is 1.62. The number of benzene rings is 1. The Morgan fingerprint density at radius 2 is 1.97 bits per heavy atom. The Morgan fingerprint density at radius 1 is 1.24 bits per heavy atom. The molecule has 33 heavy (non-hydrogen) atoms. The number of carbonyl (C=O) groups is 4. The van der Waals surface area contributed by atoms with Crippen LogP contribution < -0.4 is 16.4 Å². The Labute approximate surface area is 191 Å². The van der Waals surface area contributed by atoms with Crippen molar-refractivity contribution in [3.05, 3.63) is 36.0 Å². The van der Waals surface area contributed by atoms with Gasteiger partial charge < -0.3 is 31.4 Å². The maximum absolute atomic E-state index is 12.9. The molecule has 10 nitrogen and oxygen atoms in total. The molecular formula is C23H31N5O5. The summed E-state index contributed by atoms with van der Waals surface area (Å²) >= 11 is 0. The van der Waals surface area contributed by atoms with Gasteiger partial charge in [0.25, 0.3) is 0 Å². The second-order valence-corrected chi connectivity index (χ2v) is 8.70. The Hall–Kier alpha value is -3.40. The number of carboxylic acids is 1. The highest BCUT2D eigenvalue weighted by Gasteiger charge is 2.36. The summed E-state index contributed by atoms with van der Waals surface area (Å²) in [5.41, 5.74) is 7.45. The van der Waals surface area contributed by atoms with Crippen LogP contribution in [0.25, 0.3) is 10.9 Å². The molecule has 2 aromatic rings. The topological polar surface area (TPSA) is 158 Å². The van der Waals surface area contributed by atoms with Crippen LogP contribution in [-0.4, -0.2) is 69.9 Å². The molecule has 0 aliphatic carbocycles. The first kappa shape index (κ1) is 24.2. The number of aromatic amines is 1. The first-order valence-corrected chi connectivity index (χ1v) is 11.1. The van der Waals surface area contributed by atoms with Crippen molar-refractivity contribution in [3.8, 4) is 0 Å². The summed E-state index contributed by atoms with van der Waals surface area (Å²) in [6.07, 6.45) is 2.89. The van der Waals surface area contributed by atoms with Gasteiger partial charge in [-0.15, -0.1) is 0 Å². The van der Waals surface area contributed by atoms with Gasteiger partial charge in [-0.05, 0) is 30.4 Å². The van der Waals surface area contributed by atoms with Crippen LogP contribution in [-0.2, 0) is 25.6 Å². The smallest absolute Gasteiger partial charge is 0.326 e. The van der Waals surface area contributed by atoms with Crippen LogP contribution in [0.15, 0.2) is 30.5 Å². The van der Waals surface area contributed by atoms with Crippen LogP contribution in [0.3, 0.4) is 0 Å². The summed E-state index contributed by atoms with van der Waals surface area (Å²) in [5.74, 6) is -2.57. The molecule has 2 heterocycles. The van der Waals surface area contributed by atoms with E-state index < -0.39 is 41.8 Å². The van der Waals surface area contributed by atoms with E-state index in [0.29, 0.717) is 19.4 Å². The maximum atomic E-state index is 12.9. The second kappa shape index (κ2) is 10.5. The van der Waals surface area contributed by atoms with Crippen LogP contribution in [0.5, 0.6) is 0 Å². The lowest BCUT2D eigenvalue weighted by molar-refractivity contribution is -0.144. The number of nitrogens with zero attached hydrogens (tertiary/aromatic N) is 1. The van der Waals surface area contributed by atoms with Crippen molar-refractivity contribution in [2.45, 2.75) is 51.2 Å². The Kier molecular flexibility index (Phi) is 7.70. The molecule has 3 amide bonds. The molecule has 1 aliphatic rings. The van der Waals surface area contributed by atoms with E-state index in [9.17, 15) is 24.3 Å². The van der Waals surface area contributed by atoms with Crippen molar-refractivity contribution in [2.24, 2.45) is 11.7 Å². The van der Waals surface area contributed by atoms with E-state index in [2.05, 4.69) is 15.6 Å². The number of rotatable bonds is 9. The van der Waals surface area contributed by atoms with E-state index in [1.54, 1.807) is 6.20 Å². The highest BCUT2D eigenvalue weighted by molar-refractivity contribution is 5.93. The zero-order chi connectivity index (χ0) is 24.1. The summed E-state index contributed by atoms with van der Waals surface area (Å²) in [7, 11) is 0. The Morgan fingerprint density at radius 3 is 2.67 bits per heavy atom.